The predicted octanol–water partition coefficient (Wildman–Crippen LogP) is 3.07. The first-order valence-corrected chi connectivity index (χ1v) is 6.17. The standard InChI is InChI=1S/C13H14N2OS/c1-15(2)11-7-5-10(6-8-11)14-13(16)12-4-3-9-17-12/h3-9H,1-2H3,(H,14,16). The van der Waals surface area contributed by atoms with Crippen LogP contribution in [0.4, 0.5) is 11.4 Å². The highest BCUT2D eigenvalue weighted by Crippen LogP contribution is 2.17. The summed E-state index contributed by atoms with van der Waals surface area (Å²) < 4.78 is 0. The monoisotopic (exact) mass is 246 g/mol. The van der Waals surface area contributed by atoms with Gasteiger partial charge < -0.3 is 10.2 Å². The Hall–Kier alpha value is -1.81. The zero-order valence-electron chi connectivity index (χ0n) is 9.81. The van der Waals surface area contributed by atoms with Crippen LogP contribution in [0.3, 0.4) is 0 Å². The predicted molar refractivity (Wildman–Crippen MR) is 73.0 cm³/mol. The number of nitrogens with zero attached hydrogens (tertiary/aromatic N) is 1. The molecule has 1 aromatic carbocycles. The van der Waals surface area contributed by atoms with Gasteiger partial charge in [-0.05, 0) is 35.7 Å². The molecule has 0 saturated heterocycles. The molecule has 0 unspecified atom stereocenters. The molecule has 2 rings (SSSR count). The average molecular weight is 246 g/mol. The Morgan fingerprint density at radius 2 is 1.88 bits per heavy atom. The van der Waals surface area contributed by atoms with E-state index in [-0.39, 0.29) is 5.91 Å². The summed E-state index contributed by atoms with van der Waals surface area (Å²) in [5.41, 5.74) is 1.92. The van der Waals surface area contributed by atoms with Crippen molar-refractivity contribution in [1.29, 1.82) is 0 Å². The average Bonchev–Trinajstić information content (AvgIpc) is 2.83. The normalized spacial score (nSPS) is 10.0. The van der Waals surface area contributed by atoms with Gasteiger partial charge in [-0.25, -0.2) is 0 Å². The van der Waals surface area contributed by atoms with E-state index in [2.05, 4.69) is 5.32 Å². The van der Waals surface area contributed by atoms with E-state index in [9.17, 15) is 4.79 Å². The summed E-state index contributed by atoms with van der Waals surface area (Å²) in [6.45, 7) is 0. The quantitative estimate of drug-likeness (QED) is 0.902. The number of nitrogens with one attached hydrogen (secondary N) is 1. The Kier molecular flexibility index (Phi) is 3.44. The number of thiophene rings is 1. The molecule has 88 valence electrons. The molecule has 1 aromatic heterocycles. The Balaban J connectivity index is 2.07. The van der Waals surface area contributed by atoms with E-state index in [0.29, 0.717) is 0 Å². The van der Waals surface area contributed by atoms with Crippen LogP contribution in [0.25, 0.3) is 0 Å². The molecule has 2 aromatic rings. The van der Waals surface area contributed by atoms with Gasteiger partial charge in [0.05, 0.1) is 4.88 Å². The zero-order chi connectivity index (χ0) is 12.3. The third-order valence-corrected chi connectivity index (χ3v) is 3.26. The van der Waals surface area contributed by atoms with Gasteiger partial charge in [-0.3, -0.25) is 4.79 Å². The summed E-state index contributed by atoms with van der Waals surface area (Å²) in [5, 5.41) is 4.76. The van der Waals surface area contributed by atoms with E-state index in [1.54, 1.807) is 0 Å². The van der Waals surface area contributed by atoms with Crippen molar-refractivity contribution in [3.63, 3.8) is 0 Å². The lowest BCUT2D eigenvalue weighted by Gasteiger charge is -2.12. The molecule has 3 nitrogen and oxygen atoms in total. The molecule has 0 bridgehead atoms. The van der Waals surface area contributed by atoms with Gasteiger partial charge in [-0.1, -0.05) is 6.07 Å². The first kappa shape index (κ1) is 11.7. The molecule has 0 spiro atoms. The first-order valence-electron chi connectivity index (χ1n) is 5.29. The highest BCUT2D eigenvalue weighted by atomic mass is 32.1. The maximum Gasteiger partial charge on any atom is 0.265 e. The SMILES string of the molecule is CN(C)c1ccc(NC(=O)c2cccs2)cc1. The van der Waals surface area contributed by atoms with E-state index >= 15 is 0 Å². The van der Waals surface area contributed by atoms with Gasteiger partial charge in [-0.15, -0.1) is 11.3 Å². The topological polar surface area (TPSA) is 32.3 Å². The number of carbonyl (C=O) groups is 1. The van der Waals surface area contributed by atoms with Crippen LogP contribution in [-0.4, -0.2) is 20.0 Å². The van der Waals surface area contributed by atoms with E-state index < -0.39 is 0 Å². The molecule has 1 amide bonds. The maximum absolute atomic E-state index is 11.8. The molecule has 4 heteroatoms. The number of hydrogen-bond acceptors (Lipinski definition) is 3. The van der Waals surface area contributed by atoms with Crippen LogP contribution in [-0.2, 0) is 0 Å². The molecule has 1 heterocycles. The maximum atomic E-state index is 11.8. The number of hydrogen-bond donors (Lipinski definition) is 1. The summed E-state index contributed by atoms with van der Waals surface area (Å²) >= 11 is 1.44. The van der Waals surface area contributed by atoms with Gasteiger partial charge in [0.2, 0.25) is 0 Å². The van der Waals surface area contributed by atoms with Crippen LogP contribution in [0.15, 0.2) is 41.8 Å². The molecule has 17 heavy (non-hydrogen) atoms. The fourth-order valence-electron chi connectivity index (χ4n) is 1.44. The van der Waals surface area contributed by atoms with E-state index in [1.807, 2.05) is 60.8 Å². The number of rotatable bonds is 3. The van der Waals surface area contributed by atoms with Gasteiger partial charge in [-0.2, -0.15) is 0 Å². The molecular weight excluding hydrogens is 232 g/mol. The number of anilines is 2. The van der Waals surface area contributed by atoms with E-state index in [4.69, 9.17) is 0 Å². The van der Waals surface area contributed by atoms with Crippen molar-refractivity contribution in [1.82, 2.24) is 0 Å². The van der Waals surface area contributed by atoms with Gasteiger partial charge in [0.1, 0.15) is 0 Å². The third-order valence-electron chi connectivity index (χ3n) is 2.39. The molecule has 0 aliphatic rings. The summed E-state index contributed by atoms with van der Waals surface area (Å²) in [6, 6.07) is 11.4. The minimum absolute atomic E-state index is 0.0578. The Labute approximate surface area is 105 Å². The second-order valence-electron chi connectivity index (χ2n) is 3.87. The molecule has 0 fully saturated rings. The van der Waals surface area contributed by atoms with Crippen LogP contribution >= 0.6 is 11.3 Å². The van der Waals surface area contributed by atoms with Gasteiger partial charge in [0.25, 0.3) is 5.91 Å². The lowest BCUT2D eigenvalue weighted by molar-refractivity contribution is 0.103. The van der Waals surface area contributed by atoms with Gasteiger partial charge in [0, 0.05) is 25.5 Å². The molecule has 1 N–H and O–H groups in total. The van der Waals surface area contributed by atoms with Crippen LogP contribution in [0, 0.1) is 0 Å². The fourth-order valence-corrected chi connectivity index (χ4v) is 2.06. The van der Waals surface area contributed by atoms with Crippen molar-refractivity contribution in [3.05, 3.63) is 46.7 Å². The van der Waals surface area contributed by atoms with Crippen molar-refractivity contribution in [2.75, 3.05) is 24.3 Å². The lowest BCUT2D eigenvalue weighted by Crippen LogP contribution is -2.11. The second-order valence-corrected chi connectivity index (χ2v) is 4.82. The van der Waals surface area contributed by atoms with E-state index in [0.717, 1.165) is 16.3 Å². The molecular formula is C13H14N2OS. The third kappa shape index (κ3) is 2.85. The largest absolute Gasteiger partial charge is 0.378 e. The van der Waals surface area contributed by atoms with Crippen LogP contribution in [0.5, 0.6) is 0 Å². The summed E-state index contributed by atoms with van der Waals surface area (Å²) in [4.78, 5) is 14.5. The van der Waals surface area contributed by atoms with Crippen molar-refractivity contribution in [2.24, 2.45) is 0 Å². The lowest BCUT2D eigenvalue weighted by atomic mass is 10.2. The second kappa shape index (κ2) is 5.01. The van der Waals surface area contributed by atoms with Gasteiger partial charge in [0.15, 0.2) is 0 Å². The molecule has 0 atom stereocenters. The minimum Gasteiger partial charge on any atom is -0.378 e. The van der Waals surface area contributed by atoms with Crippen LogP contribution in [0.1, 0.15) is 9.67 Å². The highest BCUT2D eigenvalue weighted by Gasteiger charge is 2.06. The minimum atomic E-state index is -0.0578. The molecule has 0 saturated carbocycles. The molecule has 0 aliphatic heterocycles. The fraction of sp³-hybridized carbons (Fsp3) is 0.154. The summed E-state index contributed by atoms with van der Waals surface area (Å²) in [7, 11) is 3.97. The summed E-state index contributed by atoms with van der Waals surface area (Å²) in [6.07, 6.45) is 0. The number of benzene rings is 1. The number of carbonyl (C=O) groups excluding carboxylic acids is 1. The van der Waals surface area contributed by atoms with Crippen molar-refractivity contribution < 1.29 is 4.79 Å². The summed E-state index contributed by atoms with van der Waals surface area (Å²) in [5.74, 6) is -0.0578. The Morgan fingerprint density at radius 1 is 1.18 bits per heavy atom. The van der Waals surface area contributed by atoms with Crippen molar-refractivity contribution >= 4 is 28.6 Å². The smallest absolute Gasteiger partial charge is 0.265 e. The van der Waals surface area contributed by atoms with Crippen LogP contribution < -0.4 is 10.2 Å². The van der Waals surface area contributed by atoms with E-state index in [1.165, 1.54) is 11.3 Å². The van der Waals surface area contributed by atoms with Crippen molar-refractivity contribution in [3.8, 4) is 0 Å². The molecule has 0 radical (unpaired) electrons. The van der Waals surface area contributed by atoms with Crippen LogP contribution in [0.2, 0.25) is 0 Å². The first-order chi connectivity index (χ1) is 8.16. The van der Waals surface area contributed by atoms with Crippen molar-refractivity contribution in [2.45, 2.75) is 0 Å². The van der Waals surface area contributed by atoms with Gasteiger partial charge >= 0.3 is 0 Å². The Morgan fingerprint density at radius 3 is 2.41 bits per heavy atom. The number of amides is 1. The molecule has 0 aliphatic carbocycles. The highest BCUT2D eigenvalue weighted by molar-refractivity contribution is 7.12. The zero-order valence-corrected chi connectivity index (χ0v) is 10.6. The Bertz CT molecular complexity index is 489.